The van der Waals surface area contributed by atoms with E-state index < -0.39 is 0 Å². The van der Waals surface area contributed by atoms with Crippen LogP contribution in [0.25, 0.3) is 0 Å². The third-order valence-corrected chi connectivity index (χ3v) is 3.53. The van der Waals surface area contributed by atoms with E-state index in [0.29, 0.717) is 24.3 Å². The first-order valence-corrected chi connectivity index (χ1v) is 7.44. The van der Waals surface area contributed by atoms with Crippen molar-refractivity contribution in [3.63, 3.8) is 0 Å². The molecule has 0 saturated carbocycles. The fourth-order valence-corrected chi connectivity index (χ4v) is 2.17. The summed E-state index contributed by atoms with van der Waals surface area (Å²) in [4.78, 5) is 24.9. The highest BCUT2D eigenvalue weighted by Crippen LogP contribution is 2.13. The van der Waals surface area contributed by atoms with Crippen molar-refractivity contribution in [2.24, 2.45) is 0 Å². The molecular formula is C16H23N4O2+. The quantitative estimate of drug-likeness (QED) is 0.659. The first kappa shape index (κ1) is 17.7. The third-order valence-electron chi connectivity index (χ3n) is 3.53. The Morgan fingerprint density at radius 2 is 2.00 bits per heavy atom. The van der Waals surface area contributed by atoms with Crippen LogP contribution in [-0.2, 0) is 9.59 Å². The maximum atomic E-state index is 12.3. The molecule has 3 N–H and O–H groups in total. The lowest BCUT2D eigenvalue weighted by Gasteiger charge is -2.23. The van der Waals surface area contributed by atoms with E-state index in [1.807, 2.05) is 19.9 Å². The molecule has 6 heteroatoms. The summed E-state index contributed by atoms with van der Waals surface area (Å²) < 4.78 is 0. The summed E-state index contributed by atoms with van der Waals surface area (Å²) in [5.41, 5.74) is 0.917. The van der Waals surface area contributed by atoms with Crippen LogP contribution in [0.4, 0.5) is 5.69 Å². The van der Waals surface area contributed by atoms with Gasteiger partial charge >= 0.3 is 0 Å². The molecule has 0 saturated heterocycles. The van der Waals surface area contributed by atoms with Gasteiger partial charge < -0.3 is 15.5 Å². The summed E-state index contributed by atoms with van der Waals surface area (Å²) in [6.45, 7) is 7.05. The van der Waals surface area contributed by atoms with E-state index in [2.05, 4.69) is 10.6 Å². The van der Waals surface area contributed by atoms with Crippen LogP contribution in [-0.4, -0.2) is 37.5 Å². The SMILES string of the molecule is CCNC(=O)C[NH+](CC)[C@@H](C)C(=O)Nc1ccccc1C#N. The minimum absolute atomic E-state index is 0.0728. The average Bonchev–Trinajstić information content (AvgIpc) is 2.52. The van der Waals surface area contributed by atoms with Crippen LogP contribution in [0.2, 0.25) is 0 Å². The molecule has 2 atom stereocenters. The van der Waals surface area contributed by atoms with Gasteiger partial charge in [-0.25, -0.2) is 0 Å². The van der Waals surface area contributed by atoms with Gasteiger partial charge in [0.2, 0.25) is 0 Å². The number of carbonyl (C=O) groups is 2. The van der Waals surface area contributed by atoms with Crippen molar-refractivity contribution in [1.82, 2.24) is 5.32 Å². The number of rotatable bonds is 7. The van der Waals surface area contributed by atoms with E-state index in [1.54, 1.807) is 31.2 Å². The molecule has 1 aromatic rings. The fourth-order valence-electron chi connectivity index (χ4n) is 2.17. The van der Waals surface area contributed by atoms with E-state index >= 15 is 0 Å². The van der Waals surface area contributed by atoms with Crippen LogP contribution in [0.3, 0.4) is 0 Å². The molecule has 0 heterocycles. The lowest BCUT2D eigenvalue weighted by atomic mass is 10.2. The van der Waals surface area contributed by atoms with E-state index in [-0.39, 0.29) is 24.4 Å². The van der Waals surface area contributed by atoms with Crippen molar-refractivity contribution in [2.45, 2.75) is 26.8 Å². The monoisotopic (exact) mass is 303 g/mol. The standard InChI is InChI=1S/C16H22N4O2/c1-4-18-15(21)11-20(5-2)12(3)16(22)19-14-9-7-6-8-13(14)10-17/h6-9,12H,4-5,11H2,1-3H3,(H,18,21)(H,19,22)/p+1/t12-/m0/s1. The van der Waals surface area contributed by atoms with E-state index in [4.69, 9.17) is 5.26 Å². The summed E-state index contributed by atoms with van der Waals surface area (Å²) >= 11 is 0. The number of carbonyl (C=O) groups excluding carboxylic acids is 2. The molecule has 0 spiro atoms. The number of para-hydroxylation sites is 1. The highest BCUT2D eigenvalue weighted by molar-refractivity contribution is 5.94. The summed E-state index contributed by atoms with van der Waals surface area (Å²) in [5, 5.41) is 14.5. The largest absolute Gasteiger partial charge is 0.351 e. The molecular weight excluding hydrogens is 280 g/mol. The molecule has 1 aromatic carbocycles. The lowest BCUT2D eigenvalue weighted by Crippen LogP contribution is -3.17. The van der Waals surface area contributed by atoms with Gasteiger partial charge in [0.1, 0.15) is 6.07 Å². The number of anilines is 1. The lowest BCUT2D eigenvalue weighted by molar-refractivity contribution is -0.904. The molecule has 22 heavy (non-hydrogen) atoms. The number of nitriles is 1. The molecule has 2 amide bonds. The Hall–Kier alpha value is -2.39. The van der Waals surface area contributed by atoms with Gasteiger partial charge in [0.15, 0.2) is 12.6 Å². The van der Waals surface area contributed by atoms with Crippen molar-refractivity contribution in [1.29, 1.82) is 5.26 Å². The molecule has 0 aliphatic heterocycles. The van der Waals surface area contributed by atoms with Gasteiger partial charge in [-0.2, -0.15) is 5.26 Å². The molecule has 6 nitrogen and oxygen atoms in total. The number of hydrogen-bond acceptors (Lipinski definition) is 3. The van der Waals surface area contributed by atoms with Gasteiger partial charge in [0.25, 0.3) is 11.8 Å². The molecule has 0 aromatic heterocycles. The van der Waals surface area contributed by atoms with Crippen LogP contribution >= 0.6 is 0 Å². The number of amides is 2. The van der Waals surface area contributed by atoms with Gasteiger partial charge in [-0.1, -0.05) is 12.1 Å². The second-order valence-corrected chi connectivity index (χ2v) is 5.01. The van der Waals surface area contributed by atoms with Gasteiger partial charge in [-0.05, 0) is 32.9 Å². The molecule has 1 unspecified atom stereocenters. The van der Waals surface area contributed by atoms with E-state index in [0.717, 1.165) is 4.90 Å². The number of nitrogens with zero attached hydrogens (tertiary/aromatic N) is 1. The average molecular weight is 303 g/mol. The van der Waals surface area contributed by atoms with E-state index in [1.165, 1.54) is 0 Å². The van der Waals surface area contributed by atoms with Gasteiger partial charge in [-0.15, -0.1) is 0 Å². The Labute approximate surface area is 131 Å². The zero-order chi connectivity index (χ0) is 16.5. The minimum atomic E-state index is -0.389. The smallest absolute Gasteiger partial charge is 0.282 e. The maximum Gasteiger partial charge on any atom is 0.282 e. The Morgan fingerprint density at radius 1 is 1.32 bits per heavy atom. The highest BCUT2D eigenvalue weighted by atomic mass is 16.2. The van der Waals surface area contributed by atoms with Crippen molar-refractivity contribution in [2.75, 3.05) is 25.0 Å². The van der Waals surface area contributed by atoms with E-state index in [9.17, 15) is 9.59 Å². The van der Waals surface area contributed by atoms with Crippen LogP contribution in [0.1, 0.15) is 26.3 Å². The normalized spacial score (nSPS) is 12.8. The van der Waals surface area contributed by atoms with Crippen LogP contribution in [0.5, 0.6) is 0 Å². The molecule has 118 valence electrons. The van der Waals surface area contributed by atoms with Crippen LogP contribution < -0.4 is 15.5 Å². The fraction of sp³-hybridized carbons (Fsp3) is 0.438. The predicted octanol–water partition coefficient (Wildman–Crippen LogP) is -0.0738. The zero-order valence-electron chi connectivity index (χ0n) is 13.3. The molecule has 0 radical (unpaired) electrons. The summed E-state index contributed by atoms with van der Waals surface area (Å²) in [6.07, 6.45) is 0. The van der Waals surface area contributed by atoms with Crippen LogP contribution in [0, 0.1) is 11.3 Å². The van der Waals surface area contributed by atoms with Crippen molar-refractivity contribution in [3.05, 3.63) is 29.8 Å². The molecule has 0 fully saturated rings. The Kier molecular flexibility index (Phi) is 7.06. The number of nitrogens with one attached hydrogen (secondary N) is 3. The Bertz CT molecular complexity index is 566. The van der Waals surface area contributed by atoms with Gasteiger partial charge in [0.05, 0.1) is 17.8 Å². The molecule has 1 rings (SSSR count). The van der Waals surface area contributed by atoms with Crippen molar-refractivity contribution in [3.8, 4) is 6.07 Å². The topological polar surface area (TPSA) is 86.4 Å². The summed E-state index contributed by atoms with van der Waals surface area (Å²) in [6, 6.07) is 8.51. The summed E-state index contributed by atoms with van der Waals surface area (Å²) in [7, 11) is 0. The Balaban J connectivity index is 2.74. The molecule has 0 aliphatic rings. The molecule has 0 bridgehead atoms. The predicted molar refractivity (Wildman–Crippen MR) is 84.3 cm³/mol. The van der Waals surface area contributed by atoms with Gasteiger partial charge in [-0.3, -0.25) is 9.59 Å². The number of hydrogen-bond donors (Lipinski definition) is 3. The van der Waals surface area contributed by atoms with Crippen molar-refractivity contribution >= 4 is 17.5 Å². The maximum absolute atomic E-state index is 12.3. The number of quaternary nitrogens is 1. The first-order chi connectivity index (χ1) is 10.5. The number of benzene rings is 1. The highest BCUT2D eigenvalue weighted by Gasteiger charge is 2.26. The van der Waals surface area contributed by atoms with Crippen LogP contribution in [0.15, 0.2) is 24.3 Å². The van der Waals surface area contributed by atoms with Gasteiger partial charge in [0, 0.05) is 6.54 Å². The third kappa shape index (κ3) is 4.86. The first-order valence-electron chi connectivity index (χ1n) is 7.44. The number of likely N-dealkylation sites (N-methyl/N-ethyl adjacent to an activating group) is 2. The minimum Gasteiger partial charge on any atom is -0.351 e. The second kappa shape index (κ2) is 8.80. The summed E-state index contributed by atoms with van der Waals surface area (Å²) in [5.74, 6) is -0.278. The second-order valence-electron chi connectivity index (χ2n) is 5.01. The zero-order valence-corrected chi connectivity index (χ0v) is 13.3. The van der Waals surface area contributed by atoms with Crippen molar-refractivity contribution < 1.29 is 14.5 Å². The molecule has 0 aliphatic carbocycles. The Morgan fingerprint density at radius 3 is 2.59 bits per heavy atom.